The lowest BCUT2D eigenvalue weighted by Gasteiger charge is -2.43. The average molecular weight is 899 g/mol. The van der Waals surface area contributed by atoms with Gasteiger partial charge in [-0.25, -0.2) is 22.0 Å². The molecular weight excluding hydrogens is 856 g/mol. The number of nitrogens with zero attached hydrogens (tertiary/aromatic N) is 6. The smallest absolute Gasteiger partial charge is 0.293 e. The first kappa shape index (κ1) is 40.0. The van der Waals surface area contributed by atoms with Gasteiger partial charge in [0.05, 0.1) is 21.8 Å². The molecule has 304 valence electrons. The van der Waals surface area contributed by atoms with Gasteiger partial charge < -0.3 is 18.9 Å². The lowest BCUT2D eigenvalue weighted by atomic mass is 9.96. The fourth-order valence-electron chi connectivity index (χ4n) is 9.09. The molecule has 0 spiro atoms. The van der Waals surface area contributed by atoms with Gasteiger partial charge in [0.25, 0.3) is 30.1 Å². The third-order valence-electron chi connectivity index (χ3n) is 11.7. The molecule has 9 rings (SSSR count). The number of likely N-dealkylation sites (N-methyl/N-ethyl adjacent to an activating group) is 1. The van der Waals surface area contributed by atoms with E-state index in [-0.39, 0.29) is 14.8 Å². The number of anilines is 1. The van der Waals surface area contributed by atoms with Crippen LogP contribution in [0.1, 0.15) is 24.0 Å². The molecule has 0 amide bonds. The van der Waals surface area contributed by atoms with E-state index in [1.807, 2.05) is 69.0 Å². The first-order chi connectivity index (χ1) is 27.7. The van der Waals surface area contributed by atoms with Gasteiger partial charge in [0.15, 0.2) is 5.69 Å². The number of halogens is 2. The molecule has 3 aromatic carbocycles. The minimum Gasteiger partial charge on any atom is -0.344 e. The molecular formula is C40H43Cl2N8O4S4+. The molecule has 3 atom stereocenters. The van der Waals surface area contributed by atoms with Crippen molar-refractivity contribution in [3.63, 3.8) is 0 Å². The highest BCUT2D eigenvalue weighted by Crippen LogP contribution is 2.61. The number of aliphatic imine (C=N–C) groups is 1. The Labute approximate surface area is 356 Å². The number of likely N-dealkylation sites (tertiary alicyclic amines) is 1. The number of hydrogen-bond donors (Lipinski definition) is 2. The molecule has 58 heavy (non-hydrogen) atoms. The van der Waals surface area contributed by atoms with Crippen molar-refractivity contribution < 1.29 is 16.8 Å². The molecule has 18 heteroatoms. The molecule has 0 bridgehead atoms. The zero-order chi connectivity index (χ0) is 40.8. The van der Waals surface area contributed by atoms with Gasteiger partial charge in [-0.3, -0.25) is 4.72 Å². The predicted octanol–water partition coefficient (Wildman–Crippen LogP) is 7.83. The number of aryl methyl sites for hydroxylation is 1. The molecule has 1 fully saturated rings. The third-order valence-corrected chi connectivity index (χ3v) is 18.2. The van der Waals surface area contributed by atoms with E-state index in [0.29, 0.717) is 45.3 Å². The number of hydrogen-bond acceptors (Lipinski definition) is 9. The van der Waals surface area contributed by atoms with Crippen LogP contribution < -0.4 is 14.3 Å². The average Bonchev–Trinajstić information content (AvgIpc) is 4.02. The maximum absolute atomic E-state index is 14.8. The van der Waals surface area contributed by atoms with E-state index in [9.17, 15) is 16.8 Å². The molecule has 6 heterocycles. The Morgan fingerprint density at radius 1 is 0.948 bits per heavy atom. The van der Waals surface area contributed by atoms with Crippen LogP contribution in [0.3, 0.4) is 0 Å². The SMILES string of the molecule is Cc1c(S(=O)(=O)Nc2cccc3ccn(CCN4CCCC4)c23)sc2ccc(Cl)c(C3(S(N)(=O)=O)C(Cl)N=C4SC=C[N+]43c3cccc4ccn(CCN(C)C)c34)c12. The molecule has 0 aliphatic carbocycles. The highest BCUT2D eigenvalue weighted by molar-refractivity contribution is 8.17. The standard InChI is InChI=1S/C40H43Cl2N8O4S4/c1-26-33-32(56-37(26)57(51,52)45-30-10-6-8-27-14-18-48(35(27)30)23-21-47-16-4-5-17-47)13-12-29(41)34(33)40(58(43,53)54)38(42)44-39-50(40,24-25-55-39)31-11-7-9-28-15-19-49(36(28)31)22-20-46(2)3/h6-15,18-19,24-25,38,45H,4-5,16-17,20-23H2,1-3H3,(H2,43,53,54)/q+1. The van der Waals surface area contributed by atoms with Crippen LogP contribution in [0.2, 0.25) is 5.02 Å². The number of primary sulfonamides is 1. The normalized spacial score (nSPS) is 22.6. The zero-order valence-corrected chi connectivity index (χ0v) is 36.9. The van der Waals surface area contributed by atoms with Gasteiger partial charge in [-0.15, -0.1) is 11.3 Å². The third kappa shape index (κ3) is 6.01. The number of thioether (sulfide) groups is 1. The summed E-state index contributed by atoms with van der Waals surface area (Å²) in [6.45, 7) is 6.74. The number of alkyl halides is 1. The van der Waals surface area contributed by atoms with E-state index < -0.39 is 34.9 Å². The second kappa shape index (κ2) is 14.6. The molecule has 3 unspecified atom stereocenters. The Morgan fingerprint density at radius 3 is 2.34 bits per heavy atom. The summed E-state index contributed by atoms with van der Waals surface area (Å²) in [4.78, 5) is 7.08. The van der Waals surface area contributed by atoms with Crippen LogP contribution in [0, 0.1) is 6.92 Å². The summed E-state index contributed by atoms with van der Waals surface area (Å²) >= 11 is 16.8. The van der Waals surface area contributed by atoms with E-state index in [2.05, 4.69) is 23.7 Å². The number of quaternary nitrogens is 1. The Morgan fingerprint density at radius 2 is 1.64 bits per heavy atom. The number of aromatic nitrogens is 2. The number of nitrogens with two attached hydrogens (primary N) is 1. The van der Waals surface area contributed by atoms with Crippen LogP contribution in [0.25, 0.3) is 31.9 Å². The predicted molar refractivity (Wildman–Crippen MR) is 241 cm³/mol. The fourth-order valence-corrected chi connectivity index (χ4v) is 15.6. The summed E-state index contributed by atoms with van der Waals surface area (Å²) in [5.41, 5.74) is 1.58. The number of benzene rings is 3. The highest BCUT2D eigenvalue weighted by Gasteiger charge is 2.75. The quantitative estimate of drug-likeness (QED) is 0.0727. The minimum atomic E-state index is -4.76. The van der Waals surface area contributed by atoms with Crippen LogP contribution in [-0.2, 0) is 38.0 Å². The van der Waals surface area contributed by atoms with Gasteiger partial charge in [0, 0.05) is 70.9 Å². The van der Waals surface area contributed by atoms with Crippen molar-refractivity contribution in [2.24, 2.45) is 10.1 Å². The Balaban J connectivity index is 1.23. The maximum Gasteiger partial charge on any atom is 0.293 e. The summed E-state index contributed by atoms with van der Waals surface area (Å²) in [7, 11) is -5.02. The van der Waals surface area contributed by atoms with Crippen LogP contribution >= 0.6 is 46.3 Å². The first-order valence-corrected chi connectivity index (χ1v) is 24.5. The van der Waals surface area contributed by atoms with Crippen molar-refractivity contribution in [1.29, 1.82) is 0 Å². The summed E-state index contributed by atoms with van der Waals surface area (Å²) in [5, 5.41) is 10.9. The minimum absolute atomic E-state index is 0.0191. The van der Waals surface area contributed by atoms with E-state index >= 15 is 0 Å². The Bertz CT molecular complexity index is 2920. The molecule has 3 aromatic heterocycles. The van der Waals surface area contributed by atoms with Crippen LogP contribution in [0.5, 0.6) is 0 Å². The Hall–Kier alpha value is -3.42. The van der Waals surface area contributed by atoms with Crippen LogP contribution in [0.4, 0.5) is 11.4 Å². The van der Waals surface area contributed by atoms with Gasteiger partial charge in [0.1, 0.15) is 15.9 Å². The van der Waals surface area contributed by atoms with Crippen LogP contribution in [0.15, 0.2) is 93.9 Å². The summed E-state index contributed by atoms with van der Waals surface area (Å²) in [6, 6.07) is 18.6. The Kier molecular flexibility index (Phi) is 10.1. The fraction of sp³-hybridized carbons (Fsp3) is 0.325. The highest BCUT2D eigenvalue weighted by atomic mass is 35.5. The molecule has 6 aromatic rings. The molecule has 0 radical (unpaired) electrons. The number of amidine groups is 1. The zero-order valence-electron chi connectivity index (χ0n) is 32.1. The maximum atomic E-state index is 14.8. The van der Waals surface area contributed by atoms with Crippen molar-refractivity contribution in [2.75, 3.05) is 45.0 Å². The molecule has 3 N–H and O–H groups in total. The van der Waals surface area contributed by atoms with Gasteiger partial charge in [0.2, 0.25) is 5.50 Å². The summed E-state index contributed by atoms with van der Waals surface area (Å²) in [5.74, 6) is 0. The largest absolute Gasteiger partial charge is 0.344 e. The number of nitrogens with one attached hydrogen (secondary N) is 1. The van der Waals surface area contributed by atoms with Crippen molar-refractivity contribution >= 4 is 115 Å². The second-order valence-corrected chi connectivity index (χ2v) is 21.7. The number of thiophene rings is 1. The number of fused-ring (bicyclic) bond motifs is 4. The molecule has 3 aliphatic heterocycles. The molecule has 0 saturated carbocycles. The summed E-state index contributed by atoms with van der Waals surface area (Å²) in [6.07, 6.45) is 8.12. The van der Waals surface area contributed by atoms with Crippen molar-refractivity contribution in [2.45, 2.75) is 47.4 Å². The summed E-state index contributed by atoms with van der Waals surface area (Å²) < 4.78 is 66.1. The topological polar surface area (TPSA) is 135 Å². The van der Waals surface area contributed by atoms with Crippen molar-refractivity contribution in [3.05, 3.63) is 101 Å². The number of sulfonamides is 2. The van der Waals surface area contributed by atoms with Gasteiger partial charge in [-0.05, 0) is 94.6 Å². The van der Waals surface area contributed by atoms with Crippen molar-refractivity contribution in [1.82, 2.24) is 23.4 Å². The molecule has 12 nitrogen and oxygen atoms in total. The first-order valence-electron chi connectivity index (χ1n) is 19.0. The molecule has 3 aliphatic rings. The van der Waals surface area contributed by atoms with E-state index in [0.717, 1.165) is 59.3 Å². The van der Waals surface area contributed by atoms with Crippen molar-refractivity contribution in [3.8, 4) is 0 Å². The lowest BCUT2D eigenvalue weighted by molar-refractivity contribution is 0.324. The second-order valence-electron chi connectivity index (χ2n) is 15.4. The van der Waals surface area contributed by atoms with Gasteiger partial charge in [-0.1, -0.05) is 47.5 Å². The lowest BCUT2D eigenvalue weighted by Crippen LogP contribution is -2.67. The van der Waals surface area contributed by atoms with E-state index in [4.69, 9.17) is 33.3 Å². The number of para-hydroxylation sites is 2. The van der Waals surface area contributed by atoms with Gasteiger partial charge in [-0.2, -0.15) is 9.48 Å². The molecule has 1 saturated heterocycles. The van der Waals surface area contributed by atoms with E-state index in [1.54, 1.807) is 36.7 Å². The number of rotatable bonds is 12. The monoisotopic (exact) mass is 897 g/mol. The van der Waals surface area contributed by atoms with Crippen LogP contribution in [-0.4, -0.2) is 86.7 Å². The van der Waals surface area contributed by atoms with E-state index in [1.165, 1.54) is 24.6 Å². The van der Waals surface area contributed by atoms with Gasteiger partial charge >= 0.3 is 0 Å².